The number of hydrogen-bond acceptors (Lipinski definition) is 5. The fourth-order valence-corrected chi connectivity index (χ4v) is 3.08. The number of benzene rings is 1. The second kappa shape index (κ2) is 5.83. The summed E-state index contributed by atoms with van der Waals surface area (Å²) in [6.07, 6.45) is 0. The van der Waals surface area contributed by atoms with Crippen molar-refractivity contribution in [2.45, 2.75) is 25.5 Å². The topological polar surface area (TPSA) is 57.0 Å². The molecule has 0 bridgehead atoms. The molecule has 1 aromatic rings. The first-order valence-electron chi connectivity index (χ1n) is 7.57. The standard InChI is InChI=1S/C16H24N2O3/c1-16(2)11-18(5-6-21-16)13(10-17)12-3-4-14-15(9-12)20-8-7-19-14/h3-4,9,13H,5-8,10-11,17H2,1-2H3. The summed E-state index contributed by atoms with van der Waals surface area (Å²) < 4.78 is 17.0. The van der Waals surface area contributed by atoms with Gasteiger partial charge in [-0.1, -0.05) is 6.07 Å². The van der Waals surface area contributed by atoms with Crippen LogP contribution in [-0.2, 0) is 4.74 Å². The Morgan fingerprint density at radius 2 is 1.95 bits per heavy atom. The molecular formula is C16H24N2O3. The van der Waals surface area contributed by atoms with Crippen LogP contribution < -0.4 is 15.2 Å². The molecule has 2 aliphatic heterocycles. The fourth-order valence-electron chi connectivity index (χ4n) is 3.08. The van der Waals surface area contributed by atoms with Gasteiger partial charge in [0, 0.05) is 25.7 Å². The Labute approximate surface area is 126 Å². The maximum Gasteiger partial charge on any atom is 0.161 e. The second-order valence-corrected chi connectivity index (χ2v) is 6.23. The number of rotatable bonds is 3. The first kappa shape index (κ1) is 14.6. The van der Waals surface area contributed by atoms with E-state index in [1.807, 2.05) is 6.07 Å². The van der Waals surface area contributed by atoms with Gasteiger partial charge < -0.3 is 19.9 Å². The van der Waals surface area contributed by atoms with Gasteiger partial charge in [-0.15, -0.1) is 0 Å². The number of ether oxygens (including phenoxy) is 3. The van der Waals surface area contributed by atoms with Gasteiger partial charge in [0.1, 0.15) is 13.2 Å². The van der Waals surface area contributed by atoms with Gasteiger partial charge in [0.05, 0.1) is 12.2 Å². The molecule has 5 nitrogen and oxygen atoms in total. The van der Waals surface area contributed by atoms with E-state index < -0.39 is 0 Å². The van der Waals surface area contributed by atoms with E-state index in [9.17, 15) is 0 Å². The average Bonchev–Trinajstić information content (AvgIpc) is 2.47. The molecule has 1 unspecified atom stereocenters. The quantitative estimate of drug-likeness (QED) is 0.916. The minimum absolute atomic E-state index is 0.126. The van der Waals surface area contributed by atoms with Crippen molar-refractivity contribution < 1.29 is 14.2 Å². The lowest BCUT2D eigenvalue weighted by Crippen LogP contribution is -2.50. The van der Waals surface area contributed by atoms with Crippen molar-refractivity contribution >= 4 is 0 Å². The van der Waals surface area contributed by atoms with Crippen LogP contribution in [0, 0.1) is 0 Å². The van der Waals surface area contributed by atoms with E-state index in [0.29, 0.717) is 19.8 Å². The van der Waals surface area contributed by atoms with Crippen molar-refractivity contribution in [1.82, 2.24) is 4.90 Å². The zero-order valence-corrected chi connectivity index (χ0v) is 12.8. The van der Waals surface area contributed by atoms with Crippen molar-refractivity contribution in [3.05, 3.63) is 23.8 Å². The molecule has 0 amide bonds. The monoisotopic (exact) mass is 292 g/mol. The molecule has 1 saturated heterocycles. The van der Waals surface area contributed by atoms with Crippen LogP contribution in [0.25, 0.3) is 0 Å². The first-order valence-corrected chi connectivity index (χ1v) is 7.57. The van der Waals surface area contributed by atoms with E-state index in [2.05, 4.69) is 30.9 Å². The zero-order valence-electron chi connectivity index (χ0n) is 12.8. The summed E-state index contributed by atoms with van der Waals surface area (Å²) in [5, 5.41) is 0. The van der Waals surface area contributed by atoms with Crippen LogP contribution in [0.5, 0.6) is 11.5 Å². The molecule has 0 radical (unpaired) electrons. The largest absolute Gasteiger partial charge is 0.486 e. The highest BCUT2D eigenvalue weighted by molar-refractivity contribution is 5.44. The SMILES string of the molecule is CC1(C)CN(C(CN)c2ccc3c(c2)OCCO3)CCO1. The maximum atomic E-state index is 6.05. The van der Waals surface area contributed by atoms with Crippen LogP contribution in [0.2, 0.25) is 0 Å². The summed E-state index contributed by atoms with van der Waals surface area (Å²) in [6, 6.07) is 6.32. The molecule has 1 atom stereocenters. The highest BCUT2D eigenvalue weighted by Crippen LogP contribution is 2.34. The van der Waals surface area contributed by atoms with Gasteiger partial charge in [0.25, 0.3) is 0 Å². The minimum atomic E-state index is -0.126. The first-order chi connectivity index (χ1) is 10.1. The lowest BCUT2D eigenvalue weighted by molar-refractivity contribution is -0.0967. The molecule has 2 heterocycles. The molecule has 0 aromatic heterocycles. The van der Waals surface area contributed by atoms with Crippen molar-refractivity contribution in [2.24, 2.45) is 5.73 Å². The summed E-state index contributed by atoms with van der Waals surface area (Å²) in [5.74, 6) is 1.65. The van der Waals surface area contributed by atoms with Crippen molar-refractivity contribution in [2.75, 3.05) is 39.5 Å². The van der Waals surface area contributed by atoms with E-state index in [-0.39, 0.29) is 11.6 Å². The number of nitrogens with two attached hydrogens (primary N) is 1. The molecule has 3 rings (SSSR count). The van der Waals surface area contributed by atoms with Crippen molar-refractivity contribution in [3.8, 4) is 11.5 Å². The van der Waals surface area contributed by atoms with Gasteiger partial charge >= 0.3 is 0 Å². The van der Waals surface area contributed by atoms with Gasteiger partial charge in [-0.05, 0) is 31.5 Å². The van der Waals surface area contributed by atoms with Gasteiger partial charge in [-0.25, -0.2) is 0 Å². The van der Waals surface area contributed by atoms with E-state index in [4.69, 9.17) is 19.9 Å². The Bertz CT molecular complexity index is 504. The van der Waals surface area contributed by atoms with Crippen molar-refractivity contribution in [3.63, 3.8) is 0 Å². The fraction of sp³-hybridized carbons (Fsp3) is 0.625. The molecule has 2 aliphatic rings. The summed E-state index contributed by atoms with van der Waals surface area (Å²) >= 11 is 0. The molecule has 21 heavy (non-hydrogen) atoms. The van der Waals surface area contributed by atoms with Crippen LogP contribution in [0.1, 0.15) is 25.5 Å². The average molecular weight is 292 g/mol. The molecule has 116 valence electrons. The molecule has 2 N–H and O–H groups in total. The molecule has 0 aliphatic carbocycles. The molecule has 0 saturated carbocycles. The van der Waals surface area contributed by atoms with Gasteiger partial charge in [-0.2, -0.15) is 0 Å². The van der Waals surface area contributed by atoms with Gasteiger partial charge in [-0.3, -0.25) is 4.90 Å². The maximum absolute atomic E-state index is 6.05. The summed E-state index contributed by atoms with van der Waals surface area (Å²) in [6.45, 7) is 8.57. The molecule has 5 heteroatoms. The van der Waals surface area contributed by atoms with E-state index >= 15 is 0 Å². The zero-order chi connectivity index (χ0) is 14.9. The number of hydrogen-bond donors (Lipinski definition) is 1. The third kappa shape index (κ3) is 3.15. The van der Waals surface area contributed by atoms with Crippen LogP contribution in [-0.4, -0.2) is 50.0 Å². The van der Waals surface area contributed by atoms with Crippen LogP contribution in [0.3, 0.4) is 0 Å². The summed E-state index contributed by atoms with van der Waals surface area (Å²) in [5.41, 5.74) is 7.10. The lowest BCUT2D eigenvalue weighted by Gasteiger charge is -2.42. The van der Waals surface area contributed by atoms with Gasteiger partial charge in [0.15, 0.2) is 11.5 Å². The minimum Gasteiger partial charge on any atom is -0.486 e. The number of fused-ring (bicyclic) bond motifs is 1. The Kier molecular flexibility index (Phi) is 4.06. The Balaban J connectivity index is 1.82. The highest BCUT2D eigenvalue weighted by atomic mass is 16.6. The Morgan fingerprint density at radius 3 is 2.67 bits per heavy atom. The predicted molar refractivity (Wildman–Crippen MR) is 80.8 cm³/mol. The van der Waals surface area contributed by atoms with Crippen LogP contribution in [0.4, 0.5) is 0 Å². The Hall–Kier alpha value is -1.30. The van der Waals surface area contributed by atoms with E-state index in [1.165, 1.54) is 5.56 Å². The van der Waals surface area contributed by atoms with Gasteiger partial charge in [0.2, 0.25) is 0 Å². The van der Waals surface area contributed by atoms with Crippen molar-refractivity contribution in [1.29, 1.82) is 0 Å². The summed E-state index contributed by atoms with van der Waals surface area (Å²) in [7, 11) is 0. The molecule has 1 aromatic carbocycles. The predicted octanol–water partition coefficient (Wildman–Crippen LogP) is 1.57. The van der Waals surface area contributed by atoms with E-state index in [1.54, 1.807) is 0 Å². The van der Waals surface area contributed by atoms with E-state index in [0.717, 1.165) is 31.2 Å². The smallest absolute Gasteiger partial charge is 0.161 e. The third-order valence-electron chi connectivity index (χ3n) is 4.07. The summed E-state index contributed by atoms with van der Waals surface area (Å²) in [4.78, 5) is 2.40. The lowest BCUT2D eigenvalue weighted by atomic mass is 10.00. The highest BCUT2D eigenvalue weighted by Gasteiger charge is 2.31. The Morgan fingerprint density at radius 1 is 1.19 bits per heavy atom. The number of nitrogens with zero attached hydrogens (tertiary/aromatic N) is 1. The van der Waals surface area contributed by atoms with Crippen LogP contribution >= 0.6 is 0 Å². The van der Waals surface area contributed by atoms with Crippen LogP contribution in [0.15, 0.2) is 18.2 Å². The normalized spacial score (nSPS) is 22.8. The molecule has 0 spiro atoms. The third-order valence-corrected chi connectivity index (χ3v) is 4.07. The molecule has 1 fully saturated rings. The molecular weight excluding hydrogens is 268 g/mol. The number of morpholine rings is 1. The second-order valence-electron chi connectivity index (χ2n) is 6.23.